The van der Waals surface area contributed by atoms with Crippen LogP contribution in [0.3, 0.4) is 0 Å². The van der Waals surface area contributed by atoms with E-state index in [0.29, 0.717) is 32.7 Å². The quantitative estimate of drug-likeness (QED) is 0.200. The largest absolute Gasteiger partial charge is 0.491 e. The first-order valence-corrected chi connectivity index (χ1v) is 13.1. The van der Waals surface area contributed by atoms with Crippen LogP contribution in [0.4, 0.5) is 25.4 Å². The minimum atomic E-state index is -1.02. The molecule has 0 amide bonds. The predicted octanol–water partition coefficient (Wildman–Crippen LogP) is 4.58. The summed E-state index contributed by atoms with van der Waals surface area (Å²) >= 11 is 2.39. The number of aromatic nitrogens is 2. The zero-order valence-corrected chi connectivity index (χ0v) is 21.7. The van der Waals surface area contributed by atoms with Crippen LogP contribution in [0, 0.1) is 34.3 Å². The predicted molar refractivity (Wildman–Crippen MR) is 143 cm³/mol. The molecule has 0 saturated heterocycles. The second kappa shape index (κ2) is 12.5. The molecule has 2 aromatic heterocycles. The second-order valence-electron chi connectivity index (χ2n) is 7.98. The minimum Gasteiger partial charge on any atom is -0.491 e. The van der Waals surface area contributed by atoms with Crippen LogP contribution < -0.4 is 15.8 Å². The molecule has 0 unspecified atom stereocenters. The van der Waals surface area contributed by atoms with Crippen LogP contribution >= 0.6 is 23.1 Å². The fourth-order valence-electron chi connectivity index (χ4n) is 3.44. The number of hydrogen-bond acceptors (Lipinski definition) is 11. The summed E-state index contributed by atoms with van der Waals surface area (Å²) in [6, 6.07) is 14.5. The van der Waals surface area contributed by atoms with E-state index in [2.05, 4.69) is 21.4 Å². The van der Waals surface area contributed by atoms with E-state index >= 15 is 0 Å². The summed E-state index contributed by atoms with van der Waals surface area (Å²) in [5, 5.41) is 43.3. The number of nitrogens with zero attached hydrogens (tertiary/aromatic N) is 4. The van der Waals surface area contributed by atoms with Gasteiger partial charge in [0.15, 0.2) is 16.8 Å². The fraction of sp³-hybridized carbons (Fsp3) is 0.154. The number of pyridine rings is 1. The number of benzene rings is 2. The number of thioether (sulfide) groups is 1. The number of nitriles is 2. The van der Waals surface area contributed by atoms with Gasteiger partial charge in [-0.25, -0.2) is 18.7 Å². The molecular formula is C26H20F2N6O3S2. The number of nitrogens with one attached hydrogen (secondary N) is 1. The van der Waals surface area contributed by atoms with E-state index in [1.165, 1.54) is 35.2 Å². The molecule has 39 heavy (non-hydrogen) atoms. The first kappa shape index (κ1) is 27.8. The average molecular weight is 567 g/mol. The van der Waals surface area contributed by atoms with Gasteiger partial charge in [-0.05, 0) is 29.8 Å². The van der Waals surface area contributed by atoms with Gasteiger partial charge >= 0.3 is 0 Å². The number of halogens is 2. The fourth-order valence-corrected chi connectivity index (χ4v) is 5.16. The lowest BCUT2D eigenvalue weighted by atomic mass is 9.97. The Kier molecular flexibility index (Phi) is 8.91. The lowest BCUT2D eigenvalue weighted by molar-refractivity contribution is 0.0536. The second-order valence-corrected chi connectivity index (χ2v) is 9.80. The summed E-state index contributed by atoms with van der Waals surface area (Å²) in [7, 11) is 0. The van der Waals surface area contributed by atoms with Crippen molar-refractivity contribution in [2.75, 3.05) is 24.3 Å². The van der Waals surface area contributed by atoms with E-state index in [0.717, 1.165) is 6.07 Å². The zero-order chi connectivity index (χ0) is 27.9. The Morgan fingerprint density at radius 2 is 1.85 bits per heavy atom. The van der Waals surface area contributed by atoms with E-state index in [9.17, 15) is 24.4 Å². The Morgan fingerprint density at radius 3 is 2.54 bits per heavy atom. The van der Waals surface area contributed by atoms with Crippen molar-refractivity contribution in [1.82, 2.24) is 9.97 Å². The van der Waals surface area contributed by atoms with Crippen molar-refractivity contribution in [3.8, 4) is 29.0 Å². The van der Waals surface area contributed by atoms with Crippen molar-refractivity contribution in [3.63, 3.8) is 0 Å². The Bertz CT molecular complexity index is 1570. The van der Waals surface area contributed by atoms with Gasteiger partial charge in [-0.3, -0.25) is 0 Å². The van der Waals surface area contributed by atoms with Crippen molar-refractivity contribution in [3.05, 3.63) is 76.3 Å². The van der Waals surface area contributed by atoms with Gasteiger partial charge in [0.25, 0.3) is 0 Å². The maximum absolute atomic E-state index is 14.0. The number of ether oxygens (including phenoxy) is 1. The maximum Gasteiger partial charge on any atom is 0.187 e. The molecule has 0 spiro atoms. The number of aliphatic hydroxyl groups is 2. The molecule has 0 aliphatic heterocycles. The van der Waals surface area contributed by atoms with E-state index in [1.54, 1.807) is 29.6 Å². The third kappa shape index (κ3) is 6.42. The Hall–Kier alpha value is -4.27. The molecule has 0 aliphatic rings. The van der Waals surface area contributed by atoms with Gasteiger partial charge in [-0.2, -0.15) is 10.5 Å². The van der Waals surface area contributed by atoms with Gasteiger partial charge in [0.2, 0.25) is 0 Å². The lowest BCUT2D eigenvalue weighted by Gasteiger charge is -2.14. The highest BCUT2D eigenvalue weighted by atomic mass is 32.2. The molecule has 0 saturated carbocycles. The zero-order valence-electron chi connectivity index (χ0n) is 20.1. The highest BCUT2D eigenvalue weighted by molar-refractivity contribution is 7.98. The standard InChI is InChI=1S/C26H20F2N6O3S2/c27-20-2-1-3-21(23(20)28)33-26-32-15(13-39-26)12-38-25-19(9-30)22(18(8-29)24(31)34-25)14-4-6-17(7-5-14)37-11-16(36)10-35/h1-7,13,16,35-36H,10-12H2,(H2,31,34)(H,32,33)/t16-/m0/s1. The van der Waals surface area contributed by atoms with Crippen LogP contribution in [0.2, 0.25) is 0 Å². The smallest absolute Gasteiger partial charge is 0.187 e. The van der Waals surface area contributed by atoms with Crippen molar-refractivity contribution in [2.24, 2.45) is 0 Å². The van der Waals surface area contributed by atoms with Crippen LogP contribution in [-0.2, 0) is 5.75 Å². The van der Waals surface area contributed by atoms with Crippen LogP contribution in [0.1, 0.15) is 16.8 Å². The molecule has 2 heterocycles. The Morgan fingerprint density at radius 1 is 1.10 bits per heavy atom. The third-order valence-corrected chi connectivity index (χ3v) is 7.13. The first-order valence-electron chi connectivity index (χ1n) is 11.3. The lowest BCUT2D eigenvalue weighted by Crippen LogP contribution is -2.21. The van der Waals surface area contributed by atoms with E-state index in [4.69, 9.17) is 15.6 Å². The van der Waals surface area contributed by atoms with Gasteiger partial charge in [-0.1, -0.05) is 30.0 Å². The third-order valence-electron chi connectivity index (χ3n) is 5.31. The van der Waals surface area contributed by atoms with E-state index in [1.807, 2.05) is 6.07 Å². The summed E-state index contributed by atoms with van der Waals surface area (Å²) in [5.41, 5.74) is 7.71. The van der Waals surface area contributed by atoms with Gasteiger partial charge in [-0.15, -0.1) is 11.3 Å². The molecular weight excluding hydrogens is 546 g/mol. The first-order chi connectivity index (χ1) is 18.8. The summed E-state index contributed by atoms with van der Waals surface area (Å²) < 4.78 is 32.9. The molecule has 2 aromatic carbocycles. The van der Waals surface area contributed by atoms with Crippen molar-refractivity contribution < 1.29 is 23.7 Å². The summed E-state index contributed by atoms with van der Waals surface area (Å²) in [4.78, 5) is 8.66. The number of nitrogen functional groups attached to an aromatic ring is 1. The molecule has 4 rings (SSSR count). The Balaban J connectivity index is 1.56. The number of thiazole rings is 1. The highest BCUT2D eigenvalue weighted by Gasteiger charge is 2.21. The monoisotopic (exact) mass is 566 g/mol. The molecule has 0 aliphatic carbocycles. The normalized spacial score (nSPS) is 11.4. The maximum atomic E-state index is 14.0. The molecule has 198 valence electrons. The average Bonchev–Trinajstić information content (AvgIpc) is 3.40. The van der Waals surface area contributed by atoms with Gasteiger partial charge in [0, 0.05) is 16.7 Å². The van der Waals surface area contributed by atoms with Gasteiger partial charge in [0.05, 0.1) is 23.6 Å². The topological polar surface area (TPSA) is 161 Å². The van der Waals surface area contributed by atoms with Crippen LogP contribution in [0.25, 0.3) is 11.1 Å². The van der Waals surface area contributed by atoms with E-state index < -0.39 is 24.3 Å². The summed E-state index contributed by atoms with van der Waals surface area (Å²) in [6.45, 7) is -0.535. The number of anilines is 3. The summed E-state index contributed by atoms with van der Waals surface area (Å²) in [5.74, 6) is -1.31. The van der Waals surface area contributed by atoms with Crippen LogP contribution in [0.5, 0.6) is 5.75 Å². The van der Waals surface area contributed by atoms with Gasteiger partial charge in [0.1, 0.15) is 47.0 Å². The van der Waals surface area contributed by atoms with Crippen LogP contribution in [0.15, 0.2) is 52.9 Å². The number of nitrogens with two attached hydrogens (primary N) is 1. The molecule has 13 heteroatoms. The molecule has 9 nitrogen and oxygen atoms in total. The molecule has 0 fully saturated rings. The molecule has 1 atom stereocenters. The Labute approximate surface area is 230 Å². The summed E-state index contributed by atoms with van der Waals surface area (Å²) in [6.07, 6.45) is -1.02. The SMILES string of the molecule is N#Cc1c(N)nc(SCc2csc(Nc3cccc(F)c3F)n2)c(C#N)c1-c1ccc(OC[C@@H](O)CO)cc1. The van der Waals surface area contributed by atoms with Crippen molar-refractivity contribution in [1.29, 1.82) is 10.5 Å². The number of hydrogen-bond donors (Lipinski definition) is 4. The molecule has 5 N–H and O–H groups in total. The minimum absolute atomic E-state index is 0.0393. The molecule has 0 radical (unpaired) electrons. The number of aliphatic hydroxyl groups excluding tert-OH is 2. The highest BCUT2D eigenvalue weighted by Crippen LogP contribution is 2.37. The molecule has 4 aromatic rings. The van der Waals surface area contributed by atoms with Crippen molar-refractivity contribution in [2.45, 2.75) is 16.9 Å². The van der Waals surface area contributed by atoms with Crippen molar-refractivity contribution >= 4 is 39.7 Å². The van der Waals surface area contributed by atoms with Crippen LogP contribution in [-0.4, -0.2) is 39.5 Å². The number of rotatable bonds is 10. The van der Waals surface area contributed by atoms with E-state index in [-0.39, 0.29) is 35.0 Å². The van der Waals surface area contributed by atoms with Gasteiger partial charge < -0.3 is 26.0 Å². The molecule has 0 bridgehead atoms.